The van der Waals surface area contributed by atoms with E-state index in [0.717, 1.165) is 16.3 Å². The molecular formula is C21H26N2O5S. The van der Waals surface area contributed by atoms with Crippen molar-refractivity contribution >= 4 is 28.9 Å². The van der Waals surface area contributed by atoms with Gasteiger partial charge < -0.3 is 14.2 Å². The van der Waals surface area contributed by atoms with Gasteiger partial charge in [-0.15, -0.1) is 11.3 Å². The van der Waals surface area contributed by atoms with Crippen molar-refractivity contribution in [3.05, 3.63) is 28.6 Å². The van der Waals surface area contributed by atoms with Crippen LogP contribution in [0.25, 0.3) is 11.3 Å². The Morgan fingerprint density at radius 3 is 2.79 bits per heavy atom. The van der Waals surface area contributed by atoms with E-state index >= 15 is 0 Å². The van der Waals surface area contributed by atoms with E-state index in [1.165, 1.54) is 4.90 Å². The molecule has 2 unspecified atom stereocenters. The Kier molecular flexibility index (Phi) is 6.87. The second-order valence-corrected chi connectivity index (χ2v) is 7.75. The zero-order valence-electron chi connectivity index (χ0n) is 17.1. The summed E-state index contributed by atoms with van der Waals surface area (Å²) >= 11 is 1.56. The lowest BCUT2D eigenvalue weighted by Gasteiger charge is -2.37. The highest BCUT2D eigenvalue weighted by Crippen LogP contribution is 2.39. The average Bonchev–Trinajstić information content (AvgIpc) is 3.14. The molecule has 2 atom stereocenters. The molecule has 1 aliphatic rings. The standard InChI is InChI=1S/C21H26N2O5S/c1-5-17(21(25)27-10-9-26-6-2)23-18-11-15(16-12-29-14(4)22-16)7-8-19(18)28-13(3)20(23)24/h7-8,11-13,17H,5-6,9-10H2,1-4H3. The summed E-state index contributed by atoms with van der Waals surface area (Å²) in [6.07, 6.45) is -0.258. The van der Waals surface area contributed by atoms with Crippen LogP contribution in [0.2, 0.25) is 0 Å². The van der Waals surface area contributed by atoms with Crippen molar-refractivity contribution in [3.8, 4) is 17.0 Å². The highest BCUT2D eigenvalue weighted by Gasteiger charge is 2.39. The van der Waals surface area contributed by atoms with Gasteiger partial charge in [0.2, 0.25) is 0 Å². The molecule has 1 aliphatic heterocycles. The van der Waals surface area contributed by atoms with Crippen molar-refractivity contribution in [2.24, 2.45) is 0 Å². The maximum absolute atomic E-state index is 13.0. The van der Waals surface area contributed by atoms with Gasteiger partial charge in [-0.1, -0.05) is 6.92 Å². The first-order chi connectivity index (χ1) is 14.0. The summed E-state index contributed by atoms with van der Waals surface area (Å²) < 4.78 is 16.4. The molecule has 2 aromatic rings. The number of aromatic nitrogens is 1. The number of fused-ring (bicyclic) bond motifs is 1. The molecule has 156 valence electrons. The SMILES string of the molecule is CCOCCOC(=O)C(CC)N1C(=O)C(C)Oc2ccc(-c3csc(C)n3)cc21. The summed E-state index contributed by atoms with van der Waals surface area (Å²) in [5.41, 5.74) is 2.25. The number of amides is 1. The molecule has 0 bridgehead atoms. The number of rotatable bonds is 8. The summed E-state index contributed by atoms with van der Waals surface area (Å²) in [7, 11) is 0. The van der Waals surface area contributed by atoms with Gasteiger partial charge in [-0.2, -0.15) is 0 Å². The third-order valence-electron chi connectivity index (χ3n) is 4.67. The van der Waals surface area contributed by atoms with E-state index in [2.05, 4.69) is 4.98 Å². The largest absolute Gasteiger partial charge is 0.479 e. The van der Waals surface area contributed by atoms with Gasteiger partial charge in [0, 0.05) is 17.6 Å². The van der Waals surface area contributed by atoms with Crippen LogP contribution >= 0.6 is 11.3 Å². The fourth-order valence-corrected chi connectivity index (χ4v) is 3.86. The van der Waals surface area contributed by atoms with Crippen LogP contribution in [0.4, 0.5) is 5.69 Å². The molecule has 0 saturated carbocycles. The van der Waals surface area contributed by atoms with Crippen molar-refractivity contribution in [1.82, 2.24) is 4.98 Å². The Labute approximate surface area is 174 Å². The molecule has 8 heteroatoms. The Morgan fingerprint density at radius 1 is 1.34 bits per heavy atom. The Bertz CT molecular complexity index is 882. The summed E-state index contributed by atoms with van der Waals surface area (Å²) in [6, 6.07) is 4.85. The Morgan fingerprint density at radius 2 is 2.14 bits per heavy atom. The molecule has 1 amide bonds. The maximum Gasteiger partial charge on any atom is 0.329 e. The van der Waals surface area contributed by atoms with Crippen LogP contribution in [0, 0.1) is 6.92 Å². The number of hydrogen-bond acceptors (Lipinski definition) is 7. The van der Waals surface area contributed by atoms with Crippen molar-refractivity contribution in [2.75, 3.05) is 24.7 Å². The van der Waals surface area contributed by atoms with Crippen molar-refractivity contribution < 1.29 is 23.8 Å². The van der Waals surface area contributed by atoms with Crippen molar-refractivity contribution in [2.45, 2.75) is 46.3 Å². The van der Waals surface area contributed by atoms with Crippen LogP contribution in [0.5, 0.6) is 5.75 Å². The molecule has 0 fully saturated rings. The lowest BCUT2D eigenvalue weighted by molar-refractivity contribution is -0.148. The molecule has 0 N–H and O–H groups in total. The van der Waals surface area contributed by atoms with Gasteiger partial charge in [-0.05, 0) is 45.4 Å². The number of ether oxygens (including phenoxy) is 3. The van der Waals surface area contributed by atoms with E-state index in [9.17, 15) is 9.59 Å². The third kappa shape index (κ3) is 4.59. The fourth-order valence-electron chi connectivity index (χ4n) is 3.23. The van der Waals surface area contributed by atoms with E-state index < -0.39 is 18.1 Å². The number of carbonyl (C=O) groups excluding carboxylic acids is 2. The summed E-state index contributed by atoms with van der Waals surface area (Å²) in [5, 5.41) is 2.93. The van der Waals surface area contributed by atoms with Crippen molar-refractivity contribution in [3.63, 3.8) is 0 Å². The molecule has 1 aromatic carbocycles. The summed E-state index contributed by atoms with van der Waals surface area (Å²) in [6.45, 7) is 8.40. The minimum atomic E-state index is -0.735. The van der Waals surface area contributed by atoms with Crippen LogP contribution < -0.4 is 9.64 Å². The normalized spacial score (nSPS) is 16.9. The average molecular weight is 419 g/mol. The van der Waals surface area contributed by atoms with Crippen LogP contribution in [0.1, 0.15) is 32.2 Å². The zero-order chi connectivity index (χ0) is 21.0. The van der Waals surface area contributed by atoms with Crippen LogP contribution in [-0.4, -0.2) is 48.8 Å². The number of anilines is 1. The first kappa shape index (κ1) is 21.3. The first-order valence-electron chi connectivity index (χ1n) is 9.76. The molecule has 2 heterocycles. The molecule has 1 aromatic heterocycles. The monoisotopic (exact) mass is 418 g/mol. The number of esters is 1. The number of nitrogens with zero attached hydrogens (tertiary/aromatic N) is 2. The fraction of sp³-hybridized carbons (Fsp3) is 0.476. The van der Waals surface area contributed by atoms with E-state index in [1.807, 2.05) is 44.4 Å². The quantitative estimate of drug-likeness (QED) is 0.482. The smallest absolute Gasteiger partial charge is 0.329 e. The molecule has 3 rings (SSSR count). The van der Waals surface area contributed by atoms with Gasteiger partial charge in [0.1, 0.15) is 18.4 Å². The van der Waals surface area contributed by atoms with Gasteiger partial charge >= 0.3 is 5.97 Å². The maximum atomic E-state index is 13.0. The van der Waals surface area contributed by atoms with Crippen molar-refractivity contribution in [1.29, 1.82) is 0 Å². The van der Waals surface area contributed by atoms with E-state index in [1.54, 1.807) is 18.3 Å². The summed E-state index contributed by atoms with van der Waals surface area (Å²) in [4.78, 5) is 31.7. The van der Waals surface area contributed by atoms with Gasteiger partial charge in [-0.25, -0.2) is 9.78 Å². The Hall–Kier alpha value is -2.45. The highest BCUT2D eigenvalue weighted by atomic mass is 32.1. The number of thiazole rings is 1. The lowest BCUT2D eigenvalue weighted by atomic mass is 10.0. The van der Waals surface area contributed by atoms with Crippen LogP contribution in [0.15, 0.2) is 23.6 Å². The molecule has 29 heavy (non-hydrogen) atoms. The predicted molar refractivity (Wildman–Crippen MR) is 111 cm³/mol. The minimum absolute atomic E-state index is 0.155. The third-order valence-corrected chi connectivity index (χ3v) is 5.44. The number of benzene rings is 1. The van der Waals surface area contributed by atoms with Gasteiger partial charge in [0.15, 0.2) is 6.10 Å². The van der Waals surface area contributed by atoms with Crippen LogP contribution in [0.3, 0.4) is 0 Å². The molecule has 0 spiro atoms. The molecule has 7 nitrogen and oxygen atoms in total. The molecule has 0 saturated heterocycles. The number of carbonyl (C=O) groups is 2. The molecule has 0 radical (unpaired) electrons. The van der Waals surface area contributed by atoms with E-state index in [4.69, 9.17) is 14.2 Å². The van der Waals surface area contributed by atoms with Gasteiger partial charge in [0.05, 0.1) is 23.0 Å². The van der Waals surface area contributed by atoms with E-state index in [0.29, 0.717) is 31.1 Å². The predicted octanol–water partition coefficient (Wildman–Crippen LogP) is 3.59. The second kappa shape index (κ2) is 9.37. The topological polar surface area (TPSA) is 78.0 Å². The van der Waals surface area contributed by atoms with E-state index in [-0.39, 0.29) is 12.5 Å². The highest BCUT2D eigenvalue weighted by molar-refractivity contribution is 7.09. The summed E-state index contributed by atoms with van der Waals surface area (Å²) in [5.74, 6) is -0.151. The van der Waals surface area contributed by atoms with Gasteiger partial charge in [-0.3, -0.25) is 9.69 Å². The molecule has 0 aliphatic carbocycles. The van der Waals surface area contributed by atoms with Crippen LogP contribution in [-0.2, 0) is 19.1 Å². The Balaban J connectivity index is 1.92. The minimum Gasteiger partial charge on any atom is -0.479 e. The lowest BCUT2D eigenvalue weighted by Crippen LogP contribution is -2.53. The number of hydrogen-bond donors (Lipinski definition) is 0. The van der Waals surface area contributed by atoms with Gasteiger partial charge in [0.25, 0.3) is 5.91 Å². The molecular weight excluding hydrogens is 392 g/mol. The first-order valence-corrected chi connectivity index (χ1v) is 10.6. The number of aryl methyl sites for hydroxylation is 1. The zero-order valence-corrected chi connectivity index (χ0v) is 18.0. The second-order valence-electron chi connectivity index (χ2n) is 6.69.